The Morgan fingerprint density at radius 1 is 1.15 bits per heavy atom. The monoisotopic (exact) mass is 478 g/mol. The van der Waals surface area contributed by atoms with Crippen LogP contribution in [0, 0.1) is 12.8 Å². The smallest absolute Gasteiger partial charge is 0.417 e. The maximum atomic E-state index is 13.5. The number of carbonyl (C=O) groups excluding carboxylic acids is 1. The van der Waals surface area contributed by atoms with E-state index in [4.69, 9.17) is 16.3 Å². The quantitative estimate of drug-likeness (QED) is 0.568. The molecule has 8 nitrogen and oxygen atoms in total. The third-order valence-corrected chi connectivity index (χ3v) is 6.20. The number of aromatic nitrogens is 5. The molecule has 2 fully saturated rings. The summed E-state index contributed by atoms with van der Waals surface area (Å²) in [6.45, 7) is 2.39. The molecular weight excluding hydrogens is 461 g/mol. The number of alkyl halides is 3. The number of amides is 1. The van der Waals surface area contributed by atoms with Crippen LogP contribution < -0.4 is 4.74 Å². The predicted molar refractivity (Wildman–Crippen MR) is 110 cm³/mol. The molecule has 0 aromatic carbocycles. The van der Waals surface area contributed by atoms with Gasteiger partial charge in [0.2, 0.25) is 5.88 Å². The number of piperidine rings is 1. The van der Waals surface area contributed by atoms with Crippen molar-refractivity contribution in [3.63, 3.8) is 0 Å². The zero-order valence-electron chi connectivity index (χ0n) is 17.3. The lowest BCUT2D eigenvalue weighted by Gasteiger charge is -2.33. The summed E-state index contributed by atoms with van der Waals surface area (Å²) < 4.78 is 44.6. The first-order valence-electron chi connectivity index (χ1n) is 10.2. The van der Waals surface area contributed by atoms with Gasteiger partial charge in [-0.25, -0.2) is 9.97 Å². The highest BCUT2D eigenvalue weighted by Crippen LogP contribution is 2.42. The molecule has 2 aliphatic rings. The standard InChI is InChI=1S/C21H18ClF3N6O2/c1-11-4-14(18(26-8-11)31-28-2-3-29-31)20(32)30-10-12-5-16(30)17(6-12)33-19-15(22)7-13(9-27-19)21(23,24)25/h2-4,7-9,12,16-17H,5-6,10H2,1H3. The highest BCUT2D eigenvalue weighted by atomic mass is 35.5. The molecule has 3 unspecified atom stereocenters. The summed E-state index contributed by atoms with van der Waals surface area (Å²) in [4.78, 5) is 24.6. The molecule has 4 heterocycles. The Labute approximate surface area is 191 Å². The van der Waals surface area contributed by atoms with Crippen LogP contribution in [-0.2, 0) is 6.18 Å². The van der Waals surface area contributed by atoms with Gasteiger partial charge in [-0.3, -0.25) is 4.79 Å². The first-order chi connectivity index (χ1) is 15.7. The van der Waals surface area contributed by atoms with Crippen LogP contribution in [-0.4, -0.2) is 54.5 Å². The second kappa shape index (κ2) is 7.98. The van der Waals surface area contributed by atoms with E-state index in [1.54, 1.807) is 17.2 Å². The minimum Gasteiger partial charge on any atom is -0.471 e. The average molecular weight is 479 g/mol. The summed E-state index contributed by atoms with van der Waals surface area (Å²) in [5.74, 6) is 0.226. The fourth-order valence-electron chi connectivity index (χ4n) is 4.49. The van der Waals surface area contributed by atoms with Gasteiger partial charge in [0.05, 0.1) is 29.6 Å². The van der Waals surface area contributed by atoms with Gasteiger partial charge < -0.3 is 9.64 Å². The fraction of sp³-hybridized carbons (Fsp3) is 0.381. The van der Waals surface area contributed by atoms with Gasteiger partial charge in [0, 0.05) is 18.9 Å². The topological polar surface area (TPSA) is 86.0 Å². The number of aryl methyl sites for hydroxylation is 1. The average Bonchev–Trinajstić information content (AvgIpc) is 3.51. The van der Waals surface area contributed by atoms with Crippen molar-refractivity contribution in [2.75, 3.05) is 6.54 Å². The van der Waals surface area contributed by atoms with Gasteiger partial charge >= 0.3 is 6.18 Å². The van der Waals surface area contributed by atoms with E-state index in [1.165, 1.54) is 17.2 Å². The van der Waals surface area contributed by atoms with Crippen molar-refractivity contribution in [3.8, 4) is 11.7 Å². The van der Waals surface area contributed by atoms with E-state index in [-0.39, 0.29) is 28.8 Å². The van der Waals surface area contributed by atoms with Crippen LogP contribution in [0.15, 0.2) is 36.9 Å². The van der Waals surface area contributed by atoms with Crippen molar-refractivity contribution in [1.82, 2.24) is 29.9 Å². The Bertz CT molecular complexity index is 1200. The van der Waals surface area contributed by atoms with Gasteiger partial charge in [-0.05, 0) is 43.4 Å². The van der Waals surface area contributed by atoms with Gasteiger partial charge in [-0.15, -0.1) is 4.80 Å². The molecule has 3 aromatic rings. The zero-order valence-corrected chi connectivity index (χ0v) is 18.1. The van der Waals surface area contributed by atoms with Crippen LogP contribution in [0.25, 0.3) is 5.82 Å². The van der Waals surface area contributed by atoms with Crippen molar-refractivity contribution >= 4 is 17.5 Å². The molecule has 3 aromatic heterocycles. The number of likely N-dealkylation sites (tertiary alicyclic amines) is 1. The molecule has 2 bridgehead atoms. The molecular formula is C21H18ClF3N6O2. The highest BCUT2D eigenvalue weighted by molar-refractivity contribution is 6.31. The van der Waals surface area contributed by atoms with E-state index in [2.05, 4.69) is 20.2 Å². The summed E-state index contributed by atoms with van der Waals surface area (Å²) >= 11 is 6.01. The van der Waals surface area contributed by atoms with E-state index >= 15 is 0 Å². The second-order valence-corrected chi connectivity index (χ2v) is 8.64. The van der Waals surface area contributed by atoms with Crippen LogP contribution in [0.4, 0.5) is 13.2 Å². The molecule has 0 N–H and O–H groups in total. The van der Waals surface area contributed by atoms with Crippen LogP contribution in [0.1, 0.15) is 34.3 Å². The Morgan fingerprint density at radius 2 is 1.91 bits per heavy atom. The third kappa shape index (κ3) is 4.01. The number of rotatable bonds is 4. The number of hydrogen-bond acceptors (Lipinski definition) is 6. The summed E-state index contributed by atoms with van der Waals surface area (Å²) in [5, 5.41) is 7.94. The fourth-order valence-corrected chi connectivity index (χ4v) is 4.71. The van der Waals surface area contributed by atoms with Gasteiger partial charge in [0.15, 0.2) is 5.82 Å². The maximum absolute atomic E-state index is 13.5. The van der Waals surface area contributed by atoms with Crippen LogP contribution in [0.5, 0.6) is 5.88 Å². The molecule has 0 radical (unpaired) electrons. The molecule has 3 atom stereocenters. The first kappa shape index (κ1) is 21.6. The number of hydrogen-bond donors (Lipinski definition) is 0. The van der Waals surface area contributed by atoms with Crippen molar-refractivity contribution < 1.29 is 22.7 Å². The predicted octanol–water partition coefficient (Wildman–Crippen LogP) is 3.72. The zero-order chi connectivity index (χ0) is 23.3. The molecule has 1 saturated carbocycles. The van der Waals surface area contributed by atoms with E-state index in [9.17, 15) is 18.0 Å². The number of ether oxygens (including phenoxy) is 1. The number of carbonyl (C=O) groups is 1. The Balaban J connectivity index is 1.39. The van der Waals surface area contributed by atoms with Crippen LogP contribution in [0.2, 0.25) is 5.02 Å². The van der Waals surface area contributed by atoms with Gasteiger partial charge in [0.1, 0.15) is 11.1 Å². The van der Waals surface area contributed by atoms with Crippen LogP contribution in [0.3, 0.4) is 0 Å². The summed E-state index contributed by atoms with van der Waals surface area (Å²) in [5.41, 5.74) is 0.228. The lowest BCUT2D eigenvalue weighted by Crippen LogP contribution is -2.47. The molecule has 1 amide bonds. The van der Waals surface area contributed by atoms with Crippen LogP contribution >= 0.6 is 11.6 Å². The van der Waals surface area contributed by atoms with E-state index in [1.807, 2.05) is 6.92 Å². The van der Waals surface area contributed by atoms with E-state index in [0.717, 1.165) is 18.1 Å². The number of pyridine rings is 2. The minimum absolute atomic E-state index is 0.0757. The van der Waals surface area contributed by atoms with Gasteiger partial charge in [-0.2, -0.15) is 23.4 Å². The number of halogens is 4. The number of nitrogens with zero attached hydrogens (tertiary/aromatic N) is 6. The van der Waals surface area contributed by atoms with E-state index in [0.29, 0.717) is 30.5 Å². The second-order valence-electron chi connectivity index (χ2n) is 8.23. The third-order valence-electron chi connectivity index (χ3n) is 5.93. The summed E-state index contributed by atoms with van der Waals surface area (Å²) in [6, 6.07) is 2.27. The molecule has 1 aliphatic heterocycles. The van der Waals surface area contributed by atoms with Gasteiger partial charge in [0.25, 0.3) is 5.91 Å². The maximum Gasteiger partial charge on any atom is 0.417 e. The highest BCUT2D eigenvalue weighted by Gasteiger charge is 2.49. The first-order valence-corrected chi connectivity index (χ1v) is 10.6. The molecule has 172 valence electrons. The molecule has 33 heavy (non-hydrogen) atoms. The molecule has 12 heteroatoms. The molecule has 1 saturated heterocycles. The lowest BCUT2D eigenvalue weighted by molar-refractivity contribution is -0.137. The largest absolute Gasteiger partial charge is 0.471 e. The Kier molecular flexibility index (Phi) is 5.23. The number of fused-ring (bicyclic) bond motifs is 2. The summed E-state index contributed by atoms with van der Waals surface area (Å²) in [7, 11) is 0. The molecule has 5 rings (SSSR count). The SMILES string of the molecule is Cc1cnc(-n2nccn2)c(C(=O)N2CC3CC(Oc4ncc(C(F)(F)F)cc4Cl)C2C3)c1. The van der Waals surface area contributed by atoms with E-state index < -0.39 is 17.8 Å². The van der Waals surface area contributed by atoms with Crippen molar-refractivity contribution in [1.29, 1.82) is 0 Å². The van der Waals surface area contributed by atoms with Crippen molar-refractivity contribution in [2.24, 2.45) is 5.92 Å². The lowest BCUT2D eigenvalue weighted by atomic mass is 10.1. The molecule has 1 aliphatic carbocycles. The minimum atomic E-state index is -4.55. The van der Waals surface area contributed by atoms with Crippen molar-refractivity contribution in [2.45, 2.75) is 38.1 Å². The molecule has 0 spiro atoms. The normalized spacial score (nSPS) is 22.1. The Morgan fingerprint density at radius 3 is 2.58 bits per heavy atom. The van der Waals surface area contributed by atoms with Crippen molar-refractivity contribution in [3.05, 3.63) is 58.6 Å². The summed E-state index contributed by atoms with van der Waals surface area (Å²) in [6.07, 6.45) is 1.73. The van der Waals surface area contributed by atoms with Gasteiger partial charge in [-0.1, -0.05) is 11.6 Å². The Hall–Kier alpha value is -3.21.